The second-order valence-electron chi connectivity index (χ2n) is 7.83. The summed E-state index contributed by atoms with van der Waals surface area (Å²) in [6.07, 6.45) is 5.33. The number of ether oxygens (including phenoxy) is 1. The Bertz CT molecular complexity index is 685. The first kappa shape index (κ1) is 23.8. The minimum Gasteiger partial charge on any atom is -0.493 e. The number of carbonyl (C=O) groups excluding carboxylic acids is 1. The number of benzene rings is 1. The molecule has 1 amide bonds. The van der Waals surface area contributed by atoms with Crippen molar-refractivity contribution in [3.8, 4) is 5.75 Å². The van der Waals surface area contributed by atoms with Gasteiger partial charge in [0.15, 0.2) is 5.96 Å². The molecule has 0 bridgehead atoms. The van der Waals surface area contributed by atoms with Crippen molar-refractivity contribution in [3.63, 3.8) is 0 Å². The summed E-state index contributed by atoms with van der Waals surface area (Å²) in [5.41, 5.74) is 2.29. The molecule has 1 aromatic carbocycles. The van der Waals surface area contributed by atoms with Crippen LogP contribution in [0.3, 0.4) is 0 Å². The molecule has 0 aromatic heterocycles. The number of guanidine groups is 1. The van der Waals surface area contributed by atoms with Crippen LogP contribution in [-0.2, 0) is 11.3 Å². The number of likely N-dealkylation sites (tertiary alicyclic amines) is 1. The SMILES string of the molecule is CCNC(=NCc1ccc(C)cc1OCC1CC1)NCCC(=O)N1CCCC1.I. The number of aliphatic imine (C=N–C) groups is 1. The van der Waals surface area contributed by atoms with E-state index in [0.29, 0.717) is 19.5 Å². The molecule has 0 spiro atoms. The van der Waals surface area contributed by atoms with Gasteiger partial charge in [0, 0.05) is 38.2 Å². The van der Waals surface area contributed by atoms with E-state index in [2.05, 4.69) is 35.8 Å². The zero-order valence-electron chi connectivity index (χ0n) is 17.7. The molecule has 1 aromatic rings. The number of hydrogen-bond donors (Lipinski definition) is 2. The molecule has 2 aliphatic rings. The summed E-state index contributed by atoms with van der Waals surface area (Å²) in [6.45, 7) is 8.68. The average molecular weight is 514 g/mol. The van der Waals surface area contributed by atoms with Crippen molar-refractivity contribution in [2.24, 2.45) is 10.9 Å². The minimum absolute atomic E-state index is 0. The fourth-order valence-corrected chi connectivity index (χ4v) is 3.34. The molecule has 2 N–H and O–H groups in total. The summed E-state index contributed by atoms with van der Waals surface area (Å²) in [4.78, 5) is 18.8. The van der Waals surface area contributed by atoms with Crippen molar-refractivity contribution in [2.45, 2.75) is 52.5 Å². The molecule has 1 heterocycles. The third-order valence-electron chi connectivity index (χ3n) is 5.24. The number of halogens is 1. The summed E-state index contributed by atoms with van der Waals surface area (Å²) < 4.78 is 6.04. The maximum absolute atomic E-state index is 12.2. The average Bonchev–Trinajstić information content (AvgIpc) is 3.35. The van der Waals surface area contributed by atoms with Crippen molar-refractivity contribution in [1.29, 1.82) is 0 Å². The zero-order chi connectivity index (χ0) is 19.8. The van der Waals surface area contributed by atoms with Crippen LogP contribution in [0.1, 0.15) is 50.2 Å². The van der Waals surface area contributed by atoms with Gasteiger partial charge in [0.2, 0.25) is 5.91 Å². The van der Waals surface area contributed by atoms with E-state index in [-0.39, 0.29) is 29.9 Å². The highest BCUT2D eigenvalue weighted by Gasteiger charge is 2.22. The van der Waals surface area contributed by atoms with Crippen LogP contribution in [0.4, 0.5) is 0 Å². The fraction of sp³-hybridized carbons (Fsp3) is 0.636. The van der Waals surface area contributed by atoms with Gasteiger partial charge in [-0.25, -0.2) is 4.99 Å². The van der Waals surface area contributed by atoms with Gasteiger partial charge in [0.05, 0.1) is 13.2 Å². The molecule has 1 aliphatic heterocycles. The van der Waals surface area contributed by atoms with Gasteiger partial charge in [-0.1, -0.05) is 12.1 Å². The van der Waals surface area contributed by atoms with Crippen LogP contribution in [0.15, 0.2) is 23.2 Å². The standard InChI is InChI=1S/C22H34N4O2.HI/c1-3-23-22(24-11-10-21(27)26-12-4-5-13-26)25-15-19-9-6-17(2)14-20(19)28-16-18-7-8-18;/h6,9,14,18H,3-5,7-8,10-13,15-16H2,1-2H3,(H2,23,24,25);1H. The Balaban J connectivity index is 0.00000300. The van der Waals surface area contributed by atoms with E-state index in [0.717, 1.165) is 62.3 Å². The largest absolute Gasteiger partial charge is 0.493 e. The number of carbonyl (C=O) groups is 1. The van der Waals surface area contributed by atoms with Crippen LogP contribution in [0, 0.1) is 12.8 Å². The molecule has 7 heteroatoms. The second-order valence-corrected chi connectivity index (χ2v) is 7.83. The van der Waals surface area contributed by atoms with Crippen molar-refractivity contribution in [2.75, 3.05) is 32.8 Å². The summed E-state index contributed by atoms with van der Waals surface area (Å²) in [5, 5.41) is 6.55. The lowest BCUT2D eigenvalue weighted by Crippen LogP contribution is -2.39. The minimum atomic E-state index is 0. The van der Waals surface area contributed by atoms with Crippen LogP contribution < -0.4 is 15.4 Å². The molecule has 6 nitrogen and oxygen atoms in total. The van der Waals surface area contributed by atoms with Crippen LogP contribution >= 0.6 is 24.0 Å². The molecule has 2 fully saturated rings. The van der Waals surface area contributed by atoms with Gasteiger partial charge >= 0.3 is 0 Å². The van der Waals surface area contributed by atoms with E-state index in [4.69, 9.17) is 9.73 Å². The molecule has 1 saturated carbocycles. The highest BCUT2D eigenvalue weighted by molar-refractivity contribution is 14.0. The second kappa shape index (κ2) is 12.2. The Labute approximate surface area is 191 Å². The summed E-state index contributed by atoms with van der Waals surface area (Å²) in [5.74, 6) is 2.64. The number of rotatable bonds is 9. The van der Waals surface area contributed by atoms with E-state index < -0.39 is 0 Å². The van der Waals surface area contributed by atoms with Crippen molar-refractivity contribution < 1.29 is 9.53 Å². The number of aryl methyl sites for hydroxylation is 1. The molecule has 1 aliphatic carbocycles. The predicted molar refractivity (Wildman–Crippen MR) is 128 cm³/mol. The first-order valence-electron chi connectivity index (χ1n) is 10.7. The number of amides is 1. The van der Waals surface area contributed by atoms with Crippen LogP contribution in [0.2, 0.25) is 0 Å². The molecule has 0 atom stereocenters. The molecule has 29 heavy (non-hydrogen) atoms. The lowest BCUT2D eigenvalue weighted by Gasteiger charge is -2.16. The first-order chi connectivity index (χ1) is 13.7. The van der Waals surface area contributed by atoms with E-state index in [1.54, 1.807) is 0 Å². The van der Waals surface area contributed by atoms with Crippen LogP contribution in [0.25, 0.3) is 0 Å². The fourth-order valence-electron chi connectivity index (χ4n) is 3.34. The number of hydrogen-bond acceptors (Lipinski definition) is 3. The van der Waals surface area contributed by atoms with Gasteiger partial charge in [-0.2, -0.15) is 0 Å². The molecular formula is C22H35IN4O2. The van der Waals surface area contributed by atoms with Crippen LogP contribution in [-0.4, -0.2) is 49.6 Å². The smallest absolute Gasteiger partial charge is 0.224 e. The van der Waals surface area contributed by atoms with Crippen molar-refractivity contribution >= 4 is 35.8 Å². The number of nitrogens with one attached hydrogen (secondary N) is 2. The Hall–Kier alpha value is -1.51. The maximum atomic E-state index is 12.2. The van der Waals surface area contributed by atoms with Gasteiger partial charge < -0.3 is 20.3 Å². The highest BCUT2D eigenvalue weighted by atomic mass is 127. The lowest BCUT2D eigenvalue weighted by molar-refractivity contribution is -0.129. The summed E-state index contributed by atoms with van der Waals surface area (Å²) in [6, 6.07) is 6.30. The Morgan fingerprint density at radius 3 is 2.69 bits per heavy atom. The lowest BCUT2D eigenvalue weighted by atomic mass is 10.1. The molecule has 1 saturated heterocycles. The molecule has 0 radical (unpaired) electrons. The van der Waals surface area contributed by atoms with Gasteiger partial charge in [0.1, 0.15) is 5.75 Å². The van der Waals surface area contributed by atoms with Gasteiger partial charge in [0.25, 0.3) is 0 Å². The van der Waals surface area contributed by atoms with E-state index >= 15 is 0 Å². The predicted octanol–water partition coefficient (Wildman–Crippen LogP) is 3.47. The maximum Gasteiger partial charge on any atom is 0.224 e. The molecule has 0 unspecified atom stereocenters. The first-order valence-corrected chi connectivity index (χ1v) is 10.7. The Morgan fingerprint density at radius 1 is 1.24 bits per heavy atom. The van der Waals surface area contributed by atoms with Gasteiger partial charge in [-0.15, -0.1) is 24.0 Å². The summed E-state index contributed by atoms with van der Waals surface area (Å²) in [7, 11) is 0. The Kier molecular flexibility index (Phi) is 10.0. The van der Waals surface area contributed by atoms with Crippen molar-refractivity contribution in [1.82, 2.24) is 15.5 Å². The monoisotopic (exact) mass is 514 g/mol. The topological polar surface area (TPSA) is 66.0 Å². The Morgan fingerprint density at radius 2 is 2.00 bits per heavy atom. The normalized spacial score (nSPS) is 16.3. The highest BCUT2D eigenvalue weighted by Crippen LogP contribution is 2.30. The third kappa shape index (κ3) is 8.03. The van der Waals surface area contributed by atoms with Crippen molar-refractivity contribution in [3.05, 3.63) is 29.3 Å². The van der Waals surface area contributed by atoms with E-state index in [1.165, 1.54) is 18.4 Å². The summed E-state index contributed by atoms with van der Waals surface area (Å²) >= 11 is 0. The van der Waals surface area contributed by atoms with Gasteiger partial charge in [-0.3, -0.25) is 4.79 Å². The quantitative estimate of drug-likeness (QED) is 0.301. The molecular weight excluding hydrogens is 479 g/mol. The third-order valence-corrected chi connectivity index (χ3v) is 5.24. The van der Waals surface area contributed by atoms with Crippen LogP contribution in [0.5, 0.6) is 5.75 Å². The molecule has 3 rings (SSSR count). The van der Waals surface area contributed by atoms with Gasteiger partial charge in [-0.05, 0) is 57.1 Å². The van der Waals surface area contributed by atoms with E-state index in [9.17, 15) is 4.79 Å². The zero-order valence-corrected chi connectivity index (χ0v) is 20.0. The number of nitrogens with zero attached hydrogens (tertiary/aromatic N) is 2. The van der Waals surface area contributed by atoms with E-state index in [1.807, 2.05) is 11.8 Å². The molecule has 162 valence electrons.